The highest BCUT2D eigenvalue weighted by Gasteiger charge is 2.47. The maximum absolute atomic E-state index is 13.2. The summed E-state index contributed by atoms with van der Waals surface area (Å²) < 4.78 is 0. The van der Waals surface area contributed by atoms with Gasteiger partial charge in [-0.3, -0.25) is 9.59 Å². The SMILES string of the molecule is CCCNCCNC(=O)C1CC2CCCCC2N1C(=O)c1ccccc1.Cl. The van der Waals surface area contributed by atoms with Gasteiger partial charge in [-0.2, -0.15) is 0 Å². The van der Waals surface area contributed by atoms with Crippen molar-refractivity contribution in [2.24, 2.45) is 5.92 Å². The highest BCUT2D eigenvalue weighted by Crippen LogP contribution is 2.40. The van der Waals surface area contributed by atoms with E-state index in [-0.39, 0.29) is 36.3 Å². The molecule has 3 unspecified atom stereocenters. The monoisotopic (exact) mass is 393 g/mol. The molecule has 2 aliphatic rings. The van der Waals surface area contributed by atoms with E-state index < -0.39 is 0 Å². The minimum Gasteiger partial charge on any atom is -0.353 e. The average Bonchev–Trinajstić information content (AvgIpc) is 3.07. The Bertz CT molecular complexity index is 611. The lowest BCUT2D eigenvalue weighted by atomic mass is 9.84. The van der Waals surface area contributed by atoms with Crippen LogP contribution in [0, 0.1) is 5.92 Å². The largest absolute Gasteiger partial charge is 0.353 e. The zero-order chi connectivity index (χ0) is 18.4. The Labute approximate surface area is 168 Å². The molecule has 2 amide bonds. The van der Waals surface area contributed by atoms with Crippen molar-refractivity contribution in [2.45, 2.75) is 57.5 Å². The Morgan fingerprint density at radius 2 is 1.81 bits per heavy atom. The van der Waals surface area contributed by atoms with Crippen LogP contribution in [0.2, 0.25) is 0 Å². The van der Waals surface area contributed by atoms with Gasteiger partial charge in [0.25, 0.3) is 5.91 Å². The maximum Gasteiger partial charge on any atom is 0.254 e. The molecule has 1 heterocycles. The van der Waals surface area contributed by atoms with Crippen LogP contribution < -0.4 is 10.6 Å². The molecule has 150 valence electrons. The molecule has 1 saturated heterocycles. The Morgan fingerprint density at radius 1 is 1.07 bits per heavy atom. The summed E-state index contributed by atoms with van der Waals surface area (Å²) in [5, 5.41) is 6.33. The summed E-state index contributed by atoms with van der Waals surface area (Å²) in [4.78, 5) is 27.9. The number of nitrogens with zero attached hydrogens (tertiary/aromatic N) is 1. The van der Waals surface area contributed by atoms with Gasteiger partial charge in [0, 0.05) is 24.7 Å². The van der Waals surface area contributed by atoms with Crippen LogP contribution >= 0.6 is 12.4 Å². The summed E-state index contributed by atoms with van der Waals surface area (Å²) in [5.74, 6) is 0.469. The van der Waals surface area contributed by atoms with E-state index in [1.165, 1.54) is 6.42 Å². The van der Waals surface area contributed by atoms with E-state index in [4.69, 9.17) is 0 Å². The van der Waals surface area contributed by atoms with E-state index in [0.717, 1.165) is 45.2 Å². The summed E-state index contributed by atoms with van der Waals surface area (Å²) in [5.41, 5.74) is 0.682. The van der Waals surface area contributed by atoms with Gasteiger partial charge in [-0.25, -0.2) is 0 Å². The van der Waals surface area contributed by atoms with E-state index in [9.17, 15) is 9.59 Å². The van der Waals surface area contributed by atoms with Gasteiger partial charge in [-0.05, 0) is 50.3 Å². The number of nitrogens with one attached hydrogen (secondary N) is 2. The van der Waals surface area contributed by atoms with Gasteiger partial charge in [0.15, 0.2) is 0 Å². The number of likely N-dealkylation sites (tertiary alicyclic amines) is 1. The predicted octanol–water partition coefficient (Wildman–Crippen LogP) is 3.00. The number of fused-ring (bicyclic) bond motifs is 1. The Hall–Kier alpha value is -1.59. The van der Waals surface area contributed by atoms with Crippen molar-refractivity contribution in [2.75, 3.05) is 19.6 Å². The van der Waals surface area contributed by atoms with Gasteiger partial charge in [0.2, 0.25) is 5.91 Å². The number of halogens is 1. The minimum absolute atomic E-state index is 0. The van der Waals surface area contributed by atoms with Crippen molar-refractivity contribution in [1.82, 2.24) is 15.5 Å². The molecule has 3 rings (SSSR count). The third-order valence-electron chi connectivity index (χ3n) is 5.67. The Kier molecular flexibility index (Phi) is 8.58. The van der Waals surface area contributed by atoms with Crippen molar-refractivity contribution in [1.29, 1.82) is 0 Å². The topological polar surface area (TPSA) is 61.4 Å². The molecule has 1 aromatic rings. The number of rotatable bonds is 7. The first-order valence-corrected chi connectivity index (χ1v) is 10.1. The number of hydrogen-bond acceptors (Lipinski definition) is 3. The normalized spacial score (nSPS) is 24.0. The number of hydrogen-bond donors (Lipinski definition) is 2. The molecular formula is C21H32ClN3O2. The summed E-state index contributed by atoms with van der Waals surface area (Å²) in [6.45, 7) is 4.46. The molecule has 1 aliphatic carbocycles. The van der Waals surface area contributed by atoms with Gasteiger partial charge >= 0.3 is 0 Å². The third-order valence-corrected chi connectivity index (χ3v) is 5.67. The fraction of sp³-hybridized carbons (Fsp3) is 0.619. The van der Waals surface area contributed by atoms with Gasteiger partial charge < -0.3 is 15.5 Å². The molecular weight excluding hydrogens is 362 g/mol. The second-order valence-electron chi connectivity index (χ2n) is 7.48. The number of benzene rings is 1. The van der Waals surface area contributed by atoms with Crippen molar-refractivity contribution in [3.8, 4) is 0 Å². The molecule has 27 heavy (non-hydrogen) atoms. The highest BCUT2D eigenvalue weighted by atomic mass is 35.5. The van der Waals surface area contributed by atoms with Gasteiger partial charge in [-0.15, -0.1) is 12.4 Å². The minimum atomic E-state index is -0.331. The van der Waals surface area contributed by atoms with Crippen LogP contribution in [0.5, 0.6) is 0 Å². The zero-order valence-electron chi connectivity index (χ0n) is 16.2. The van der Waals surface area contributed by atoms with Crippen molar-refractivity contribution in [3.63, 3.8) is 0 Å². The summed E-state index contributed by atoms with van der Waals surface area (Å²) in [6.07, 6.45) is 6.39. The second-order valence-corrected chi connectivity index (χ2v) is 7.48. The first-order chi connectivity index (χ1) is 12.7. The van der Waals surface area contributed by atoms with Crippen LogP contribution in [0.4, 0.5) is 0 Å². The van der Waals surface area contributed by atoms with Crippen molar-refractivity contribution < 1.29 is 9.59 Å². The van der Waals surface area contributed by atoms with Gasteiger partial charge in [0.05, 0.1) is 0 Å². The lowest BCUT2D eigenvalue weighted by Gasteiger charge is -2.33. The van der Waals surface area contributed by atoms with Crippen LogP contribution in [-0.4, -0.2) is 48.4 Å². The van der Waals surface area contributed by atoms with Gasteiger partial charge in [0.1, 0.15) is 6.04 Å². The van der Waals surface area contributed by atoms with Crippen LogP contribution in [-0.2, 0) is 4.79 Å². The van der Waals surface area contributed by atoms with E-state index >= 15 is 0 Å². The fourth-order valence-electron chi connectivity index (χ4n) is 4.41. The molecule has 2 N–H and O–H groups in total. The van der Waals surface area contributed by atoms with Crippen LogP contribution in [0.3, 0.4) is 0 Å². The third kappa shape index (κ3) is 5.23. The molecule has 3 atom stereocenters. The Morgan fingerprint density at radius 3 is 2.56 bits per heavy atom. The van der Waals surface area contributed by atoms with Crippen molar-refractivity contribution in [3.05, 3.63) is 35.9 Å². The fourth-order valence-corrected chi connectivity index (χ4v) is 4.41. The number of carbonyl (C=O) groups excluding carboxylic acids is 2. The average molecular weight is 394 g/mol. The standard InChI is InChI=1S/C21H31N3O2.ClH/c1-2-12-22-13-14-23-20(25)19-15-17-10-6-7-11-18(17)24(19)21(26)16-8-4-3-5-9-16;/h3-5,8-9,17-19,22H,2,6-7,10-15H2,1H3,(H,23,25);1H. The number of amides is 2. The van der Waals surface area contributed by atoms with E-state index in [1.807, 2.05) is 35.2 Å². The smallest absolute Gasteiger partial charge is 0.254 e. The van der Waals surface area contributed by atoms with Crippen LogP contribution in [0.15, 0.2) is 30.3 Å². The first-order valence-electron chi connectivity index (χ1n) is 10.1. The lowest BCUT2D eigenvalue weighted by Crippen LogP contribution is -2.50. The quantitative estimate of drug-likeness (QED) is 0.700. The number of carbonyl (C=O) groups is 2. The Balaban J connectivity index is 0.00000261. The predicted molar refractivity (Wildman–Crippen MR) is 110 cm³/mol. The van der Waals surface area contributed by atoms with E-state index in [1.54, 1.807) is 0 Å². The highest BCUT2D eigenvalue weighted by molar-refractivity contribution is 5.98. The van der Waals surface area contributed by atoms with E-state index in [0.29, 0.717) is 18.0 Å². The zero-order valence-corrected chi connectivity index (χ0v) is 17.0. The molecule has 0 aromatic heterocycles. The molecule has 5 nitrogen and oxygen atoms in total. The first kappa shape index (κ1) is 21.7. The molecule has 0 radical (unpaired) electrons. The molecule has 6 heteroatoms. The summed E-state index contributed by atoms with van der Waals surface area (Å²) in [7, 11) is 0. The molecule has 1 aromatic carbocycles. The van der Waals surface area contributed by atoms with Crippen LogP contribution in [0.1, 0.15) is 55.8 Å². The van der Waals surface area contributed by atoms with E-state index in [2.05, 4.69) is 17.6 Å². The lowest BCUT2D eigenvalue weighted by molar-refractivity contribution is -0.125. The molecule has 1 aliphatic heterocycles. The van der Waals surface area contributed by atoms with Crippen molar-refractivity contribution >= 4 is 24.2 Å². The molecule has 2 fully saturated rings. The maximum atomic E-state index is 13.2. The van der Waals surface area contributed by atoms with Gasteiger partial charge in [-0.1, -0.05) is 38.0 Å². The molecule has 1 saturated carbocycles. The molecule has 0 spiro atoms. The second kappa shape index (κ2) is 10.7. The molecule has 0 bridgehead atoms. The summed E-state index contributed by atoms with van der Waals surface area (Å²) >= 11 is 0. The summed E-state index contributed by atoms with van der Waals surface area (Å²) in [6, 6.07) is 9.26. The van der Waals surface area contributed by atoms with Crippen LogP contribution in [0.25, 0.3) is 0 Å².